The number of rotatable bonds is 9. The molecule has 0 saturated heterocycles. The molecule has 11 nitrogen and oxygen atoms in total. The largest absolute Gasteiger partial charge is 0.486 e. The molecule has 0 fully saturated rings. The zero-order valence-corrected chi connectivity index (χ0v) is 25.6. The van der Waals surface area contributed by atoms with E-state index in [0.29, 0.717) is 41.2 Å². The second-order valence-corrected chi connectivity index (χ2v) is 13.1. The third-order valence-corrected chi connectivity index (χ3v) is 9.63. The second kappa shape index (κ2) is 12.6. The summed E-state index contributed by atoms with van der Waals surface area (Å²) in [6.45, 7) is 6.23. The Morgan fingerprint density at radius 3 is 2.49 bits per heavy atom. The van der Waals surface area contributed by atoms with E-state index in [-0.39, 0.29) is 22.8 Å². The van der Waals surface area contributed by atoms with Crippen LogP contribution in [0.5, 0.6) is 11.5 Å². The van der Waals surface area contributed by atoms with Crippen LogP contribution in [0, 0.1) is 5.92 Å². The van der Waals surface area contributed by atoms with Gasteiger partial charge >= 0.3 is 11.9 Å². The van der Waals surface area contributed by atoms with Crippen molar-refractivity contribution in [3.05, 3.63) is 64.0 Å². The van der Waals surface area contributed by atoms with Crippen LogP contribution in [0.2, 0.25) is 0 Å². The lowest BCUT2D eigenvalue weighted by molar-refractivity contribution is -0.123. The number of carbonyl (C=O) groups is 3. The number of fused-ring (bicyclic) bond motifs is 2. The van der Waals surface area contributed by atoms with Gasteiger partial charge in [-0.3, -0.25) is 9.52 Å². The van der Waals surface area contributed by atoms with Crippen LogP contribution in [0.15, 0.2) is 47.4 Å². The normalized spacial score (nSPS) is 16.4. The van der Waals surface area contributed by atoms with Gasteiger partial charge in [0.2, 0.25) is 0 Å². The molecule has 1 amide bonds. The quantitative estimate of drug-likeness (QED) is 0.319. The maximum Gasteiger partial charge on any atom is 0.341 e. The van der Waals surface area contributed by atoms with Crippen molar-refractivity contribution >= 4 is 49.9 Å². The first-order chi connectivity index (χ1) is 20.6. The summed E-state index contributed by atoms with van der Waals surface area (Å²) in [5.74, 6) is -0.558. The zero-order valence-electron chi connectivity index (χ0n) is 23.9. The van der Waals surface area contributed by atoms with Crippen LogP contribution in [0.1, 0.15) is 58.3 Å². The number of hydrogen-bond donors (Lipinski definition) is 2. The number of esters is 2. The lowest BCUT2D eigenvalue weighted by Crippen LogP contribution is -2.30. The fourth-order valence-corrected chi connectivity index (χ4v) is 7.31. The Hall–Kier alpha value is -4.10. The molecule has 1 aliphatic carbocycles. The highest BCUT2D eigenvalue weighted by Gasteiger charge is 2.30. The summed E-state index contributed by atoms with van der Waals surface area (Å²) in [7, 11) is -3.94. The van der Waals surface area contributed by atoms with Gasteiger partial charge in [0.25, 0.3) is 15.9 Å². The molecule has 2 atom stereocenters. The van der Waals surface area contributed by atoms with Crippen molar-refractivity contribution in [2.75, 3.05) is 29.9 Å². The third-order valence-electron chi connectivity index (χ3n) is 7.08. The van der Waals surface area contributed by atoms with Crippen molar-refractivity contribution in [1.82, 2.24) is 0 Å². The van der Waals surface area contributed by atoms with Gasteiger partial charge in [-0.2, -0.15) is 0 Å². The topological polar surface area (TPSA) is 146 Å². The monoisotopic (exact) mass is 628 g/mol. The molecule has 0 unspecified atom stereocenters. The average Bonchev–Trinajstić information content (AvgIpc) is 3.33. The Balaban J connectivity index is 1.22. The SMILES string of the molecule is CCOC(=O)c1c(NC(=O)[C@H](C)OC(=O)c2ccc(NS(=O)(=O)c3ccc4c(c3)OCCO4)cc2)sc2c1CC[C@H](C)C2. The Morgan fingerprint density at radius 1 is 1.05 bits per heavy atom. The highest BCUT2D eigenvalue weighted by molar-refractivity contribution is 7.92. The minimum Gasteiger partial charge on any atom is -0.486 e. The second-order valence-electron chi connectivity index (χ2n) is 10.3. The summed E-state index contributed by atoms with van der Waals surface area (Å²) in [6, 6.07) is 9.94. The first-order valence-electron chi connectivity index (χ1n) is 13.9. The molecular weight excluding hydrogens is 596 g/mol. The van der Waals surface area contributed by atoms with E-state index >= 15 is 0 Å². The van der Waals surface area contributed by atoms with Gasteiger partial charge in [-0.15, -0.1) is 11.3 Å². The molecule has 2 aromatic carbocycles. The maximum absolute atomic E-state index is 13.0. The molecule has 2 N–H and O–H groups in total. The summed E-state index contributed by atoms with van der Waals surface area (Å²) < 4.78 is 49.8. The van der Waals surface area contributed by atoms with Crippen LogP contribution in [0.3, 0.4) is 0 Å². The van der Waals surface area contributed by atoms with E-state index in [2.05, 4.69) is 17.0 Å². The Labute approximate surface area is 253 Å². The molecule has 0 spiro atoms. The van der Waals surface area contributed by atoms with Gasteiger partial charge in [-0.1, -0.05) is 6.92 Å². The molecule has 1 aliphatic heterocycles. The standard InChI is InChI=1S/C30H32N2O9S2/c1-4-38-30(35)26-22-11-5-17(2)15-25(22)42-28(26)31-27(33)18(3)41-29(34)19-6-8-20(9-7-19)32-43(36,37)21-10-12-23-24(16-21)40-14-13-39-23/h6-10,12,16-18,32H,4-5,11,13-15H2,1-3H3,(H,31,33)/t17-,18-/m0/s1. The van der Waals surface area contributed by atoms with Gasteiger partial charge in [0, 0.05) is 16.6 Å². The molecule has 13 heteroatoms. The minimum absolute atomic E-state index is 0.00714. The number of anilines is 2. The lowest BCUT2D eigenvalue weighted by Gasteiger charge is -2.19. The number of nitrogens with one attached hydrogen (secondary N) is 2. The van der Waals surface area contributed by atoms with Crippen molar-refractivity contribution in [3.63, 3.8) is 0 Å². The predicted octanol–water partition coefficient (Wildman–Crippen LogP) is 4.81. The van der Waals surface area contributed by atoms with Crippen molar-refractivity contribution in [1.29, 1.82) is 0 Å². The van der Waals surface area contributed by atoms with E-state index in [1.165, 1.54) is 60.7 Å². The molecule has 43 heavy (non-hydrogen) atoms. The summed E-state index contributed by atoms with van der Waals surface area (Å²) in [6.07, 6.45) is 1.31. The average molecular weight is 629 g/mol. The van der Waals surface area contributed by atoms with Gasteiger partial charge < -0.3 is 24.3 Å². The number of thiophene rings is 1. The van der Waals surface area contributed by atoms with Crippen LogP contribution >= 0.6 is 11.3 Å². The smallest absolute Gasteiger partial charge is 0.341 e. The summed E-state index contributed by atoms with van der Waals surface area (Å²) in [4.78, 5) is 39.6. The number of sulfonamides is 1. The van der Waals surface area contributed by atoms with Crippen molar-refractivity contribution in [3.8, 4) is 11.5 Å². The van der Waals surface area contributed by atoms with Gasteiger partial charge in [0.15, 0.2) is 17.6 Å². The Bertz CT molecular complexity index is 1650. The fraction of sp³-hybridized carbons (Fsp3) is 0.367. The lowest BCUT2D eigenvalue weighted by atomic mass is 9.88. The zero-order chi connectivity index (χ0) is 30.7. The number of carbonyl (C=O) groups excluding carboxylic acids is 3. The summed E-state index contributed by atoms with van der Waals surface area (Å²) >= 11 is 1.35. The molecular formula is C30H32N2O9S2. The van der Waals surface area contributed by atoms with Crippen LogP contribution in [-0.2, 0) is 37.1 Å². The first kappa shape index (κ1) is 30.4. The highest BCUT2D eigenvalue weighted by Crippen LogP contribution is 2.40. The third kappa shape index (κ3) is 6.78. The minimum atomic E-state index is -3.94. The van der Waals surface area contributed by atoms with E-state index in [4.69, 9.17) is 18.9 Å². The molecule has 0 saturated carbocycles. The molecule has 1 aromatic heterocycles. The highest BCUT2D eigenvalue weighted by atomic mass is 32.2. The van der Waals surface area contributed by atoms with Crippen LogP contribution in [-0.4, -0.2) is 52.2 Å². The number of hydrogen-bond acceptors (Lipinski definition) is 10. The van der Waals surface area contributed by atoms with Crippen LogP contribution in [0.4, 0.5) is 10.7 Å². The van der Waals surface area contributed by atoms with Gasteiger partial charge in [-0.25, -0.2) is 18.0 Å². The van der Waals surface area contributed by atoms with Crippen molar-refractivity contribution < 1.29 is 41.7 Å². The molecule has 0 bridgehead atoms. The van der Waals surface area contributed by atoms with Gasteiger partial charge in [0.05, 0.1) is 22.6 Å². The molecule has 3 aromatic rings. The van der Waals surface area contributed by atoms with E-state index < -0.39 is 34.0 Å². The number of ether oxygens (including phenoxy) is 4. The fourth-order valence-electron chi connectivity index (χ4n) is 4.83. The molecule has 5 rings (SSSR count). The molecule has 0 radical (unpaired) electrons. The van der Waals surface area contributed by atoms with Crippen molar-refractivity contribution in [2.45, 2.75) is 51.0 Å². The Kier molecular flexibility index (Phi) is 8.92. The molecule has 228 valence electrons. The first-order valence-corrected chi connectivity index (χ1v) is 16.2. The van der Waals surface area contributed by atoms with E-state index in [0.717, 1.165) is 29.7 Å². The predicted molar refractivity (Wildman–Crippen MR) is 160 cm³/mol. The molecule has 2 heterocycles. The number of amides is 1. The van der Waals surface area contributed by atoms with E-state index in [1.54, 1.807) is 6.92 Å². The van der Waals surface area contributed by atoms with Crippen molar-refractivity contribution in [2.24, 2.45) is 5.92 Å². The summed E-state index contributed by atoms with van der Waals surface area (Å²) in [5.41, 5.74) is 1.62. The van der Waals surface area contributed by atoms with Gasteiger partial charge in [-0.05, 0) is 81.0 Å². The Morgan fingerprint density at radius 2 is 1.77 bits per heavy atom. The molecule has 2 aliphatic rings. The van der Waals surface area contributed by atoms with E-state index in [1.807, 2.05) is 0 Å². The van der Waals surface area contributed by atoms with Crippen LogP contribution < -0.4 is 19.5 Å². The van der Waals surface area contributed by atoms with Gasteiger partial charge in [0.1, 0.15) is 18.2 Å². The van der Waals surface area contributed by atoms with Crippen LogP contribution in [0.25, 0.3) is 0 Å². The van der Waals surface area contributed by atoms with E-state index in [9.17, 15) is 22.8 Å². The summed E-state index contributed by atoms with van der Waals surface area (Å²) in [5, 5.41) is 3.14. The maximum atomic E-state index is 13.0. The number of benzene rings is 2.